The lowest BCUT2D eigenvalue weighted by atomic mass is 10.1. The van der Waals surface area contributed by atoms with Gasteiger partial charge in [0.25, 0.3) is 5.91 Å². The smallest absolute Gasteiger partial charge is 0.335 e. The molecule has 0 bridgehead atoms. The number of nitrogens with zero attached hydrogens (tertiary/aromatic N) is 2. The lowest BCUT2D eigenvalue weighted by Gasteiger charge is -2.14. The predicted molar refractivity (Wildman–Crippen MR) is 145 cm³/mol. The van der Waals surface area contributed by atoms with Gasteiger partial charge in [0.2, 0.25) is 0 Å². The van der Waals surface area contributed by atoms with Gasteiger partial charge in [-0.1, -0.05) is 30.3 Å². The van der Waals surface area contributed by atoms with Crippen LogP contribution >= 0.6 is 34.4 Å². The Bertz CT molecular complexity index is 1320. The molecule has 0 radical (unpaired) electrons. The Labute approximate surface area is 220 Å². The summed E-state index contributed by atoms with van der Waals surface area (Å²) < 4.78 is 12.5. The molecular weight excluding hydrogens is 579 g/mol. The molecule has 1 aliphatic rings. The summed E-state index contributed by atoms with van der Waals surface area (Å²) in [4.78, 5) is 30.4. The molecule has 1 heterocycles. The van der Waals surface area contributed by atoms with Gasteiger partial charge in [-0.25, -0.2) is 9.79 Å². The van der Waals surface area contributed by atoms with Crippen LogP contribution in [-0.2, 0) is 11.4 Å². The van der Waals surface area contributed by atoms with Crippen LogP contribution in [0, 0.1) is 3.57 Å². The number of amides is 1. The maximum atomic E-state index is 12.8. The first-order valence-electron chi connectivity index (χ1n) is 10.5. The van der Waals surface area contributed by atoms with Gasteiger partial charge in [0.05, 0.1) is 26.8 Å². The number of rotatable bonds is 7. The number of amidine groups is 1. The van der Waals surface area contributed by atoms with Crippen LogP contribution in [-0.4, -0.2) is 41.2 Å². The third-order valence-corrected chi connectivity index (χ3v) is 6.98. The SMILES string of the molecule is COc1cc(/C=C2\SC(=Nc3ccc(C(=O)O)cc3)N(C)C2=O)cc(I)c1OCc1ccccc1. The third kappa shape index (κ3) is 5.85. The summed E-state index contributed by atoms with van der Waals surface area (Å²) in [5, 5.41) is 9.56. The lowest BCUT2D eigenvalue weighted by Crippen LogP contribution is -2.23. The molecule has 9 heteroatoms. The number of thioether (sulfide) groups is 1. The highest BCUT2D eigenvalue weighted by atomic mass is 127. The zero-order valence-electron chi connectivity index (χ0n) is 18.9. The second-order valence-electron chi connectivity index (χ2n) is 7.53. The molecule has 0 aromatic heterocycles. The molecule has 178 valence electrons. The van der Waals surface area contributed by atoms with Crippen molar-refractivity contribution in [2.45, 2.75) is 6.61 Å². The zero-order chi connectivity index (χ0) is 24.9. The summed E-state index contributed by atoms with van der Waals surface area (Å²) in [7, 11) is 3.24. The highest BCUT2D eigenvalue weighted by Crippen LogP contribution is 2.38. The number of halogens is 1. The number of hydrogen-bond acceptors (Lipinski definition) is 6. The number of benzene rings is 3. The zero-order valence-corrected chi connectivity index (χ0v) is 21.9. The summed E-state index contributed by atoms with van der Waals surface area (Å²) in [5.41, 5.74) is 2.60. The van der Waals surface area contributed by atoms with Crippen LogP contribution < -0.4 is 9.47 Å². The highest BCUT2D eigenvalue weighted by Gasteiger charge is 2.30. The minimum atomic E-state index is -1.00. The van der Waals surface area contributed by atoms with Crippen molar-refractivity contribution >= 4 is 63.2 Å². The number of ether oxygens (including phenoxy) is 2. The summed E-state index contributed by atoms with van der Waals surface area (Å²) in [6.45, 7) is 0.417. The van der Waals surface area contributed by atoms with E-state index in [9.17, 15) is 9.59 Å². The third-order valence-electron chi connectivity index (χ3n) is 5.12. The van der Waals surface area contributed by atoms with Crippen molar-refractivity contribution in [3.63, 3.8) is 0 Å². The average molecular weight is 600 g/mol. The van der Waals surface area contributed by atoms with E-state index in [4.69, 9.17) is 14.6 Å². The standard InChI is InChI=1S/C26H21IN2O5S/c1-29-24(30)22(35-26(29)28-19-10-8-18(9-11-19)25(31)32)14-17-12-20(27)23(21(13-17)33-2)34-15-16-6-4-3-5-7-16/h3-14H,15H2,1-2H3,(H,31,32)/b22-14-,28-26?. The van der Waals surface area contributed by atoms with E-state index in [1.807, 2.05) is 42.5 Å². The highest BCUT2D eigenvalue weighted by molar-refractivity contribution is 14.1. The molecule has 1 fully saturated rings. The fourth-order valence-corrected chi connectivity index (χ4v) is 5.05. The summed E-state index contributed by atoms with van der Waals surface area (Å²) in [6.07, 6.45) is 1.80. The minimum absolute atomic E-state index is 0.172. The summed E-state index contributed by atoms with van der Waals surface area (Å²) in [6, 6.07) is 19.8. The molecule has 1 aliphatic heterocycles. The Morgan fingerprint density at radius 3 is 2.51 bits per heavy atom. The van der Waals surface area contributed by atoms with Gasteiger partial charge in [-0.05, 0) is 88.0 Å². The monoisotopic (exact) mass is 600 g/mol. The van der Waals surface area contributed by atoms with Crippen molar-refractivity contribution in [1.82, 2.24) is 4.90 Å². The van der Waals surface area contributed by atoms with Crippen LogP contribution in [0.4, 0.5) is 5.69 Å². The first-order chi connectivity index (χ1) is 16.9. The molecule has 0 atom stereocenters. The van der Waals surface area contributed by atoms with Crippen LogP contribution in [0.5, 0.6) is 11.5 Å². The molecule has 0 unspecified atom stereocenters. The number of carbonyl (C=O) groups is 2. The number of methoxy groups -OCH3 is 1. The fourth-order valence-electron chi connectivity index (χ4n) is 3.28. The van der Waals surface area contributed by atoms with Crippen molar-refractivity contribution in [2.24, 2.45) is 4.99 Å². The van der Waals surface area contributed by atoms with Gasteiger partial charge in [0.1, 0.15) is 6.61 Å². The molecule has 3 aromatic carbocycles. The Morgan fingerprint density at radius 2 is 1.86 bits per heavy atom. The number of carbonyl (C=O) groups excluding carboxylic acids is 1. The Kier molecular flexibility index (Phi) is 7.76. The number of carboxylic acids is 1. The summed E-state index contributed by atoms with van der Waals surface area (Å²) >= 11 is 3.45. The molecular formula is C26H21IN2O5S. The number of hydrogen-bond donors (Lipinski definition) is 1. The largest absolute Gasteiger partial charge is 0.493 e. The van der Waals surface area contributed by atoms with E-state index in [2.05, 4.69) is 27.6 Å². The van der Waals surface area contributed by atoms with E-state index in [-0.39, 0.29) is 11.5 Å². The molecule has 1 N–H and O–H groups in total. The molecule has 3 aromatic rings. The maximum absolute atomic E-state index is 12.8. The quantitative estimate of drug-likeness (QED) is 0.272. The van der Waals surface area contributed by atoms with E-state index in [1.165, 1.54) is 28.8 Å². The van der Waals surface area contributed by atoms with Gasteiger partial charge in [-0.2, -0.15) is 0 Å². The van der Waals surface area contributed by atoms with Crippen molar-refractivity contribution in [1.29, 1.82) is 0 Å². The van der Waals surface area contributed by atoms with Crippen molar-refractivity contribution < 1.29 is 24.2 Å². The fraction of sp³-hybridized carbons (Fsp3) is 0.115. The normalized spacial score (nSPS) is 15.6. The summed E-state index contributed by atoms with van der Waals surface area (Å²) in [5.74, 6) is 0.0531. The Balaban J connectivity index is 1.56. The number of likely N-dealkylation sites (N-methyl/N-ethyl adjacent to an activating group) is 1. The molecule has 7 nitrogen and oxygen atoms in total. The first-order valence-corrected chi connectivity index (χ1v) is 12.4. The van der Waals surface area contributed by atoms with Crippen molar-refractivity contribution in [2.75, 3.05) is 14.2 Å². The number of aliphatic imine (C=N–C) groups is 1. The topological polar surface area (TPSA) is 88.4 Å². The van der Waals surface area contributed by atoms with E-state index in [1.54, 1.807) is 32.4 Å². The van der Waals surface area contributed by atoms with E-state index < -0.39 is 5.97 Å². The van der Waals surface area contributed by atoms with Crippen molar-refractivity contribution in [3.05, 3.63) is 91.9 Å². The van der Waals surface area contributed by atoms with E-state index in [0.717, 1.165) is 14.7 Å². The average Bonchev–Trinajstić information content (AvgIpc) is 3.11. The van der Waals surface area contributed by atoms with Gasteiger partial charge in [0, 0.05) is 7.05 Å². The van der Waals surface area contributed by atoms with Crippen LogP contribution in [0.2, 0.25) is 0 Å². The van der Waals surface area contributed by atoms with Gasteiger partial charge in [0.15, 0.2) is 16.7 Å². The number of aromatic carboxylic acids is 1. The second-order valence-corrected chi connectivity index (χ2v) is 9.70. The molecule has 0 aliphatic carbocycles. The van der Waals surface area contributed by atoms with Crippen LogP contribution in [0.3, 0.4) is 0 Å². The molecule has 1 amide bonds. The van der Waals surface area contributed by atoms with Crippen LogP contribution in [0.25, 0.3) is 6.08 Å². The second kappa shape index (κ2) is 11.0. The molecule has 35 heavy (non-hydrogen) atoms. The van der Waals surface area contributed by atoms with Gasteiger partial charge >= 0.3 is 5.97 Å². The molecule has 1 saturated heterocycles. The van der Waals surface area contributed by atoms with Gasteiger partial charge in [-0.3, -0.25) is 9.69 Å². The first kappa shape index (κ1) is 24.8. The van der Waals surface area contributed by atoms with E-state index in [0.29, 0.717) is 33.9 Å². The molecule has 0 spiro atoms. The predicted octanol–water partition coefficient (Wildman–Crippen LogP) is 5.81. The lowest BCUT2D eigenvalue weighted by molar-refractivity contribution is -0.121. The Morgan fingerprint density at radius 1 is 1.14 bits per heavy atom. The maximum Gasteiger partial charge on any atom is 0.335 e. The van der Waals surface area contributed by atoms with E-state index >= 15 is 0 Å². The van der Waals surface area contributed by atoms with Crippen LogP contribution in [0.1, 0.15) is 21.5 Å². The van der Waals surface area contributed by atoms with Gasteiger partial charge < -0.3 is 14.6 Å². The minimum Gasteiger partial charge on any atom is -0.493 e. The molecule has 4 rings (SSSR count). The van der Waals surface area contributed by atoms with Crippen molar-refractivity contribution in [3.8, 4) is 11.5 Å². The van der Waals surface area contributed by atoms with Crippen LogP contribution in [0.15, 0.2) is 76.6 Å². The molecule has 0 saturated carbocycles. The number of carboxylic acid groups (broad SMARTS) is 1. The Hall–Kier alpha value is -3.31. The van der Waals surface area contributed by atoms with Gasteiger partial charge in [-0.15, -0.1) is 0 Å².